The van der Waals surface area contributed by atoms with Crippen molar-refractivity contribution < 1.29 is 30.6 Å². The van der Waals surface area contributed by atoms with Crippen molar-refractivity contribution >= 4 is 0 Å². The number of unbranched alkanes of at least 4 members (excludes halogenated alkanes) is 6. The van der Waals surface area contributed by atoms with Crippen molar-refractivity contribution in [2.75, 3.05) is 39.6 Å². The molecule has 0 aromatic carbocycles. The summed E-state index contributed by atoms with van der Waals surface area (Å²) in [5.41, 5.74) is 0. The number of hydrogen-bond donors (Lipinski definition) is 6. The Hall–Kier alpha value is -0.240. The molecule has 0 aliphatic rings. The minimum absolute atomic E-state index is 0.250. The number of hydrogen-bond acceptors (Lipinski definition) is 6. The Balaban J connectivity index is -0.000000231. The molecule has 0 aromatic heterocycles. The fraction of sp³-hybridized carbons (Fsp3) is 1.00. The van der Waals surface area contributed by atoms with Crippen LogP contribution in [-0.2, 0) is 0 Å². The van der Waals surface area contributed by atoms with Gasteiger partial charge in [0.1, 0.15) is 0 Å². The molecular weight excluding hydrogens is 276 g/mol. The molecule has 6 heteroatoms. The molecule has 0 saturated carbocycles. The molecule has 0 atom stereocenters. The second-order valence-electron chi connectivity index (χ2n) is 4.52. The molecular formula is C15H36O6. The number of rotatable bonds is 12. The monoisotopic (exact) mass is 312 g/mol. The highest BCUT2D eigenvalue weighted by atomic mass is 16.3. The normalized spacial score (nSPS) is 9.43. The molecule has 6 nitrogen and oxygen atoms in total. The van der Waals surface area contributed by atoms with Crippen LogP contribution >= 0.6 is 0 Å². The van der Waals surface area contributed by atoms with Crippen LogP contribution in [0.4, 0.5) is 0 Å². The third kappa shape index (κ3) is 45.1. The lowest BCUT2D eigenvalue weighted by molar-refractivity contribution is 0.256. The molecule has 0 fully saturated rings. The van der Waals surface area contributed by atoms with E-state index >= 15 is 0 Å². The third-order valence-electron chi connectivity index (χ3n) is 2.45. The molecule has 21 heavy (non-hydrogen) atoms. The van der Waals surface area contributed by atoms with E-state index in [1.54, 1.807) is 0 Å². The maximum absolute atomic E-state index is 8.21. The van der Waals surface area contributed by atoms with Crippen LogP contribution in [0.1, 0.15) is 57.8 Å². The van der Waals surface area contributed by atoms with Gasteiger partial charge in [-0.25, -0.2) is 0 Å². The fourth-order valence-electron chi connectivity index (χ4n) is 1.20. The zero-order valence-electron chi connectivity index (χ0n) is 13.3. The molecule has 0 heterocycles. The molecule has 0 spiro atoms. The van der Waals surface area contributed by atoms with Gasteiger partial charge in [-0.1, -0.05) is 0 Å². The van der Waals surface area contributed by atoms with E-state index in [2.05, 4.69) is 0 Å². The Morgan fingerprint density at radius 1 is 0.238 bits per heavy atom. The second-order valence-corrected chi connectivity index (χ2v) is 4.52. The van der Waals surface area contributed by atoms with Crippen LogP contribution in [0, 0.1) is 0 Å². The zero-order chi connectivity index (χ0) is 16.6. The summed E-state index contributed by atoms with van der Waals surface area (Å²) in [6.45, 7) is 1.50. The second kappa shape index (κ2) is 31.9. The summed E-state index contributed by atoms with van der Waals surface area (Å²) in [5.74, 6) is 0. The summed E-state index contributed by atoms with van der Waals surface area (Å²) < 4.78 is 0. The number of aliphatic hydroxyl groups excluding tert-OH is 6. The van der Waals surface area contributed by atoms with Crippen molar-refractivity contribution in [2.24, 2.45) is 0 Å². The Morgan fingerprint density at radius 2 is 0.381 bits per heavy atom. The van der Waals surface area contributed by atoms with Gasteiger partial charge in [-0.3, -0.25) is 0 Å². The first-order chi connectivity index (χ1) is 10.2. The molecule has 0 aliphatic carbocycles. The van der Waals surface area contributed by atoms with Crippen molar-refractivity contribution in [3.8, 4) is 0 Å². The molecule has 0 rings (SSSR count). The van der Waals surface area contributed by atoms with Crippen LogP contribution in [0.2, 0.25) is 0 Å². The molecule has 0 aromatic rings. The predicted molar refractivity (Wildman–Crippen MR) is 84.1 cm³/mol. The Labute approximate surface area is 129 Å². The Kier molecular flexibility index (Phi) is 39.1. The lowest BCUT2D eigenvalue weighted by atomic mass is 10.2. The van der Waals surface area contributed by atoms with Crippen LogP contribution in [0.3, 0.4) is 0 Å². The van der Waals surface area contributed by atoms with Gasteiger partial charge in [0.25, 0.3) is 0 Å². The SMILES string of the molecule is OCCCCCO.OCCCCCO.OCCCCCO. The van der Waals surface area contributed by atoms with Crippen molar-refractivity contribution in [3.63, 3.8) is 0 Å². The first-order valence-electron chi connectivity index (χ1n) is 7.90. The summed E-state index contributed by atoms with van der Waals surface area (Å²) in [6.07, 6.45) is 7.73. The first kappa shape index (κ1) is 25.7. The summed E-state index contributed by atoms with van der Waals surface area (Å²) in [4.78, 5) is 0. The van der Waals surface area contributed by atoms with Gasteiger partial charge in [0.05, 0.1) is 0 Å². The van der Waals surface area contributed by atoms with E-state index in [0.29, 0.717) is 0 Å². The minimum Gasteiger partial charge on any atom is -0.396 e. The van der Waals surface area contributed by atoms with Crippen LogP contribution in [-0.4, -0.2) is 70.3 Å². The van der Waals surface area contributed by atoms with Crippen molar-refractivity contribution in [2.45, 2.75) is 57.8 Å². The highest BCUT2D eigenvalue weighted by molar-refractivity contribution is 4.36. The van der Waals surface area contributed by atoms with Crippen molar-refractivity contribution in [3.05, 3.63) is 0 Å². The highest BCUT2D eigenvalue weighted by Crippen LogP contribution is 1.91. The third-order valence-corrected chi connectivity index (χ3v) is 2.45. The topological polar surface area (TPSA) is 121 Å². The van der Waals surface area contributed by atoms with Crippen molar-refractivity contribution in [1.29, 1.82) is 0 Å². The van der Waals surface area contributed by atoms with Gasteiger partial charge in [-0.2, -0.15) is 0 Å². The van der Waals surface area contributed by atoms with Gasteiger partial charge in [0.15, 0.2) is 0 Å². The van der Waals surface area contributed by atoms with E-state index in [1.807, 2.05) is 0 Å². The molecule has 6 N–H and O–H groups in total. The maximum atomic E-state index is 8.21. The smallest absolute Gasteiger partial charge is 0.0431 e. The van der Waals surface area contributed by atoms with Gasteiger partial charge < -0.3 is 30.6 Å². The molecule has 132 valence electrons. The maximum Gasteiger partial charge on any atom is 0.0431 e. The Morgan fingerprint density at radius 3 is 0.476 bits per heavy atom. The quantitative estimate of drug-likeness (QED) is 0.291. The largest absolute Gasteiger partial charge is 0.396 e. The van der Waals surface area contributed by atoms with Crippen LogP contribution < -0.4 is 0 Å². The van der Waals surface area contributed by atoms with E-state index in [9.17, 15) is 0 Å². The first-order valence-corrected chi connectivity index (χ1v) is 7.90. The average Bonchev–Trinajstić information content (AvgIpc) is 2.50. The lowest BCUT2D eigenvalue weighted by Gasteiger charge is -1.90. The summed E-state index contributed by atoms with van der Waals surface area (Å²) >= 11 is 0. The molecule has 0 bridgehead atoms. The molecule has 0 unspecified atom stereocenters. The minimum atomic E-state index is 0.250. The number of aliphatic hydroxyl groups is 6. The molecule has 0 saturated heterocycles. The lowest BCUT2D eigenvalue weighted by Crippen LogP contribution is -1.85. The average molecular weight is 312 g/mol. The van der Waals surface area contributed by atoms with Crippen LogP contribution in [0.5, 0.6) is 0 Å². The van der Waals surface area contributed by atoms with Crippen LogP contribution in [0.15, 0.2) is 0 Å². The van der Waals surface area contributed by atoms with Crippen molar-refractivity contribution in [1.82, 2.24) is 0 Å². The van der Waals surface area contributed by atoms with Gasteiger partial charge in [0, 0.05) is 39.6 Å². The standard InChI is InChI=1S/3C5H12O2/c3*6-4-2-1-3-5-7/h3*6-7H,1-5H2. The highest BCUT2D eigenvalue weighted by Gasteiger charge is 1.82. The van der Waals surface area contributed by atoms with E-state index in [1.165, 1.54) is 0 Å². The summed E-state index contributed by atoms with van der Waals surface area (Å²) in [7, 11) is 0. The van der Waals surface area contributed by atoms with Gasteiger partial charge in [-0.05, 0) is 57.8 Å². The van der Waals surface area contributed by atoms with E-state index in [-0.39, 0.29) is 39.6 Å². The molecule has 0 aliphatic heterocycles. The molecule has 0 radical (unpaired) electrons. The zero-order valence-corrected chi connectivity index (χ0v) is 13.3. The summed E-state index contributed by atoms with van der Waals surface area (Å²) in [6, 6.07) is 0. The molecule has 0 amide bonds. The predicted octanol–water partition coefficient (Wildman–Crippen LogP) is 0.424. The van der Waals surface area contributed by atoms with E-state index < -0.39 is 0 Å². The summed E-state index contributed by atoms with van der Waals surface area (Å²) in [5, 5.41) is 49.3. The Bertz CT molecular complexity index is 99.6. The van der Waals surface area contributed by atoms with Gasteiger partial charge in [-0.15, -0.1) is 0 Å². The van der Waals surface area contributed by atoms with Crippen LogP contribution in [0.25, 0.3) is 0 Å². The van der Waals surface area contributed by atoms with E-state index in [0.717, 1.165) is 57.8 Å². The fourth-order valence-corrected chi connectivity index (χ4v) is 1.20. The van der Waals surface area contributed by atoms with Gasteiger partial charge in [0.2, 0.25) is 0 Å². The van der Waals surface area contributed by atoms with Gasteiger partial charge >= 0.3 is 0 Å². The van der Waals surface area contributed by atoms with E-state index in [4.69, 9.17) is 30.6 Å².